The highest BCUT2D eigenvalue weighted by Gasteiger charge is 2.29. The van der Waals surface area contributed by atoms with Gasteiger partial charge in [0.25, 0.3) is 0 Å². The molecule has 1 aromatic carbocycles. The van der Waals surface area contributed by atoms with Gasteiger partial charge >= 0.3 is 6.03 Å². The van der Waals surface area contributed by atoms with E-state index in [0.717, 1.165) is 52.2 Å². The number of benzene rings is 1. The van der Waals surface area contributed by atoms with Gasteiger partial charge in [0.15, 0.2) is 21.3 Å². The smallest absolute Gasteiger partial charge is 0.320 e. The summed E-state index contributed by atoms with van der Waals surface area (Å²) in [5.74, 6) is 1.32. The van der Waals surface area contributed by atoms with E-state index in [-0.39, 0.29) is 23.6 Å². The fourth-order valence-electron chi connectivity index (χ4n) is 4.72. The second-order valence-electron chi connectivity index (χ2n) is 10.4. The number of hydrogen-bond acceptors (Lipinski definition) is 5. The van der Waals surface area contributed by atoms with Crippen LogP contribution in [0.2, 0.25) is 0 Å². The van der Waals surface area contributed by atoms with E-state index in [1.54, 1.807) is 0 Å². The van der Waals surface area contributed by atoms with Crippen molar-refractivity contribution in [1.82, 2.24) is 24.9 Å². The molecule has 5 rings (SSSR count). The standard InChI is InChI=1S/C26H30B2N6O2/c1-26(2,3)15-12-21(27)30-22(13-15)31-25(35)29-19-9-10-20(18-7-5-4-6-17(18)19)36-16-8-11-23-32-33-24(28)34(23)14-16/h4-8,11-14,19-20H,9-10,27-28H2,1-3H3,(H2,29,30,31,35). The summed E-state index contributed by atoms with van der Waals surface area (Å²) >= 11 is 0. The molecule has 182 valence electrons. The molecule has 3 heterocycles. The number of urea groups is 1. The minimum Gasteiger partial charge on any atom is -0.484 e. The van der Waals surface area contributed by atoms with Crippen LogP contribution in [0.15, 0.2) is 54.7 Å². The van der Waals surface area contributed by atoms with Gasteiger partial charge in [0.2, 0.25) is 0 Å². The lowest BCUT2D eigenvalue weighted by Crippen LogP contribution is -2.36. The van der Waals surface area contributed by atoms with Crippen LogP contribution in [0.1, 0.15) is 62.4 Å². The van der Waals surface area contributed by atoms with E-state index in [4.69, 9.17) is 4.74 Å². The summed E-state index contributed by atoms with van der Waals surface area (Å²) in [6, 6.07) is 15.6. The lowest BCUT2D eigenvalue weighted by molar-refractivity contribution is 0.172. The van der Waals surface area contributed by atoms with Crippen LogP contribution < -0.4 is 26.7 Å². The van der Waals surface area contributed by atoms with Gasteiger partial charge in [-0.25, -0.2) is 9.78 Å². The SMILES string of the molecule is Bc1cc(C(C)(C)C)cc(NC(=O)NC2CCC(Oc3ccc4nnc(B)n4c3)c3ccccc32)n1. The van der Waals surface area contributed by atoms with Gasteiger partial charge in [-0.15, -0.1) is 10.2 Å². The van der Waals surface area contributed by atoms with Crippen LogP contribution in [0.5, 0.6) is 5.75 Å². The van der Waals surface area contributed by atoms with Crippen molar-refractivity contribution in [3.8, 4) is 5.75 Å². The van der Waals surface area contributed by atoms with E-state index in [2.05, 4.69) is 64.8 Å². The lowest BCUT2D eigenvalue weighted by Gasteiger charge is -2.32. The number of nitrogens with zero attached hydrogens (tertiary/aromatic N) is 4. The lowest BCUT2D eigenvalue weighted by atomic mass is 9.85. The first-order chi connectivity index (χ1) is 17.2. The van der Waals surface area contributed by atoms with Crippen molar-refractivity contribution in [3.63, 3.8) is 0 Å². The van der Waals surface area contributed by atoms with Gasteiger partial charge < -0.3 is 10.1 Å². The Bertz CT molecular complexity index is 1430. The van der Waals surface area contributed by atoms with E-state index in [0.29, 0.717) is 5.82 Å². The highest BCUT2D eigenvalue weighted by atomic mass is 16.5. The Kier molecular flexibility index (Phi) is 6.20. The third-order valence-corrected chi connectivity index (χ3v) is 6.63. The molecule has 2 N–H and O–H groups in total. The number of rotatable bonds is 4. The van der Waals surface area contributed by atoms with E-state index >= 15 is 0 Å². The van der Waals surface area contributed by atoms with Crippen molar-refractivity contribution in [2.45, 2.75) is 51.2 Å². The number of aromatic nitrogens is 4. The number of carbonyl (C=O) groups excluding carboxylic acids is 1. The highest BCUT2D eigenvalue weighted by molar-refractivity contribution is 6.30. The first-order valence-corrected chi connectivity index (χ1v) is 12.3. The number of amides is 2. The number of carbonyl (C=O) groups is 1. The molecule has 1 aliphatic carbocycles. The van der Waals surface area contributed by atoms with Crippen molar-refractivity contribution >= 4 is 44.5 Å². The van der Waals surface area contributed by atoms with Crippen molar-refractivity contribution in [2.75, 3.05) is 5.32 Å². The second kappa shape index (κ2) is 9.33. The Morgan fingerprint density at radius 3 is 2.61 bits per heavy atom. The maximum atomic E-state index is 13.0. The van der Waals surface area contributed by atoms with Crippen LogP contribution in [-0.2, 0) is 5.41 Å². The summed E-state index contributed by atoms with van der Waals surface area (Å²) in [5, 5.41) is 14.3. The van der Waals surface area contributed by atoms with Gasteiger partial charge in [0, 0.05) is 0 Å². The van der Waals surface area contributed by atoms with Crippen LogP contribution in [0, 0.1) is 0 Å². The Labute approximate surface area is 212 Å². The summed E-state index contributed by atoms with van der Waals surface area (Å²) < 4.78 is 8.33. The molecule has 36 heavy (non-hydrogen) atoms. The summed E-state index contributed by atoms with van der Waals surface area (Å²) in [7, 11) is 3.86. The fourth-order valence-corrected chi connectivity index (χ4v) is 4.72. The minimum atomic E-state index is -0.263. The van der Waals surface area contributed by atoms with Gasteiger partial charge in [-0.1, -0.05) is 45.0 Å². The maximum Gasteiger partial charge on any atom is 0.320 e. The van der Waals surface area contributed by atoms with Gasteiger partial charge in [0.05, 0.1) is 18.0 Å². The minimum absolute atomic E-state index is 0.0322. The maximum absolute atomic E-state index is 13.0. The second-order valence-corrected chi connectivity index (χ2v) is 10.4. The summed E-state index contributed by atoms with van der Waals surface area (Å²) in [4.78, 5) is 17.5. The van der Waals surface area contributed by atoms with Gasteiger partial charge in [0.1, 0.15) is 17.7 Å². The molecule has 3 aromatic heterocycles. The molecular formula is C26H30B2N6O2. The predicted octanol–water partition coefficient (Wildman–Crippen LogP) is 1.72. The van der Waals surface area contributed by atoms with Crippen LogP contribution >= 0.6 is 0 Å². The Balaban J connectivity index is 1.31. The molecule has 0 aliphatic heterocycles. The highest BCUT2D eigenvalue weighted by Crippen LogP contribution is 2.38. The molecule has 0 spiro atoms. The zero-order valence-electron chi connectivity index (χ0n) is 21.4. The number of pyridine rings is 2. The molecule has 0 saturated carbocycles. The zero-order valence-corrected chi connectivity index (χ0v) is 21.4. The van der Waals surface area contributed by atoms with E-state index < -0.39 is 0 Å². The summed E-state index contributed by atoms with van der Waals surface area (Å²) in [6.07, 6.45) is 3.35. The molecule has 1 aliphatic rings. The molecule has 2 atom stereocenters. The number of ether oxygens (including phenoxy) is 1. The normalized spacial score (nSPS) is 17.4. The largest absolute Gasteiger partial charge is 0.484 e. The number of anilines is 1. The Morgan fingerprint density at radius 2 is 1.83 bits per heavy atom. The molecule has 10 heteroatoms. The van der Waals surface area contributed by atoms with Crippen molar-refractivity contribution in [3.05, 3.63) is 71.4 Å². The van der Waals surface area contributed by atoms with Crippen molar-refractivity contribution in [2.24, 2.45) is 0 Å². The van der Waals surface area contributed by atoms with Crippen LogP contribution in [-0.4, -0.2) is 41.3 Å². The van der Waals surface area contributed by atoms with Crippen LogP contribution in [0.3, 0.4) is 0 Å². The molecule has 0 fully saturated rings. The average molecular weight is 480 g/mol. The van der Waals surface area contributed by atoms with Crippen LogP contribution in [0.25, 0.3) is 5.65 Å². The molecule has 4 aromatic rings. The number of nitrogens with one attached hydrogen (secondary N) is 2. The molecule has 0 radical (unpaired) electrons. The first-order valence-electron chi connectivity index (χ1n) is 12.3. The molecule has 2 amide bonds. The van der Waals surface area contributed by atoms with Crippen molar-refractivity contribution in [1.29, 1.82) is 0 Å². The van der Waals surface area contributed by atoms with Gasteiger partial charge in [-0.05, 0) is 64.8 Å². The Hall–Kier alpha value is -3.81. The first kappa shape index (κ1) is 23.9. The van der Waals surface area contributed by atoms with Gasteiger partial charge in [-0.3, -0.25) is 9.72 Å². The van der Waals surface area contributed by atoms with Crippen LogP contribution in [0.4, 0.5) is 10.6 Å². The quantitative estimate of drug-likeness (QED) is 0.434. The molecule has 8 nitrogen and oxygen atoms in total. The number of fused-ring (bicyclic) bond motifs is 2. The summed E-state index contributed by atoms with van der Waals surface area (Å²) in [5.41, 5.74) is 5.73. The van der Waals surface area contributed by atoms with E-state index in [1.165, 1.54) is 0 Å². The third kappa shape index (κ3) is 4.94. The summed E-state index contributed by atoms with van der Waals surface area (Å²) in [6.45, 7) is 6.44. The topological polar surface area (TPSA) is 93.4 Å². The predicted molar refractivity (Wildman–Crippen MR) is 146 cm³/mol. The molecule has 0 saturated heterocycles. The van der Waals surface area contributed by atoms with E-state index in [9.17, 15) is 4.79 Å². The molecular weight excluding hydrogens is 450 g/mol. The van der Waals surface area contributed by atoms with Crippen molar-refractivity contribution < 1.29 is 9.53 Å². The Morgan fingerprint density at radius 1 is 1.06 bits per heavy atom. The average Bonchev–Trinajstić information content (AvgIpc) is 3.20. The fraction of sp³-hybridized carbons (Fsp3) is 0.308. The van der Waals surface area contributed by atoms with Gasteiger partial charge in [-0.2, -0.15) is 0 Å². The molecule has 0 bridgehead atoms. The third-order valence-electron chi connectivity index (χ3n) is 6.63. The van der Waals surface area contributed by atoms with E-state index in [1.807, 2.05) is 56.6 Å². The zero-order chi connectivity index (χ0) is 25.4. The molecule has 2 unspecified atom stereocenters. The number of hydrogen-bond donors (Lipinski definition) is 2. The monoisotopic (exact) mass is 480 g/mol.